The van der Waals surface area contributed by atoms with Crippen LogP contribution in [-0.2, 0) is 6.54 Å². The molecule has 0 spiro atoms. The Morgan fingerprint density at radius 2 is 2.41 bits per heavy atom. The van der Waals surface area contributed by atoms with Gasteiger partial charge in [-0.25, -0.2) is 0 Å². The summed E-state index contributed by atoms with van der Waals surface area (Å²) < 4.78 is 2.55. The van der Waals surface area contributed by atoms with E-state index in [1.165, 1.54) is 0 Å². The van der Waals surface area contributed by atoms with Crippen LogP contribution in [0.15, 0.2) is 10.7 Å². The van der Waals surface area contributed by atoms with Crippen LogP contribution in [0.4, 0.5) is 0 Å². The molecule has 17 heavy (non-hydrogen) atoms. The molecule has 1 saturated carbocycles. The van der Waals surface area contributed by atoms with Crippen LogP contribution in [0.5, 0.6) is 0 Å². The lowest BCUT2D eigenvalue weighted by Gasteiger charge is -2.25. The highest BCUT2D eigenvalue weighted by Crippen LogP contribution is 2.29. The van der Waals surface area contributed by atoms with Crippen molar-refractivity contribution in [2.24, 2.45) is 11.7 Å². The van der Waals surface area contributed by atoms with Gasteiger partial charge in [0.05, 0.1) is 10.7 Å². The van der Waals surface area contributed by atoms with Crippen LogP contribution in [-0.4, -0.2) is 21.6 Å². The second-order valence-electron chi connectivity index (χ2n) is 4.64. The van der Waals surface area contributed by atoms with E-state index in [4.69, 9.17) is 5.73 Å². The van der Waals surface area contributed by atoms with Gasteiger partial charge in [-0.15, -0.1) is 0 Å². The minimum absolute atomic E-state index is 0.0667. The van der Waals surface area contributed by atoms with Crippen molar-refractivity contribution in [3.63, 3.8) is 0 Å². The van der Waals surface area contributed by atoms with Crippen molar-refractivity contribution in [3.05, 3.63) is 16.4 Å². The average Bonchev–Trinajstić information content (AvgIpc) is 2.69. The number of halogens is 1. The van der Waals surface area contributed by atoms with Crippen molar-refractivity contribution in [1.29, 1.82) is 0 Å². The molecule has 1 heterocycles. The highest BCUT2D eigenvalue weighted by atomic mass is 79.9. The van der Waals surface area contributed by atoms with Gasteiger partial charge in [0.25, 0.3) is 0 Å². The second kappa shape index (κ2) is 5.31. The molecule has 1 aliphatic carbocycles. The number of ketones is 1. The Bertz CT molecular complexity index is 416. The Labute approximate surface area is 110 Å². The molecule has 1 aromatic rings. The Balaban J connectivity index is 2.21. The maximum atomic E-state index is 12.5. The third-order valence-electron chi connectivity index (χ3n) is 3.41. The van der Waals surface area contributed by atoms with Gasteiger partial charge in [-0.1, -0.05) is 6.42 Å². The van der Waals surface area contributed by atoms with E-state index in [9.17, 15) is 4.79 Å². The van der Waals surface area contributed by atoms with Crippen LogP contribution in [0.25, 0.3) is 0 Å². The van der Waals surface area contributed by atoms with Crippen molar-refractivity contribution < 1.29 is 4.79 Å². The van der Waals surface area contributed by atoms with Crippen molar-refractivity contribution in [1.82, 2.24) is 9.78 Å². The van der Waals surface area contributed by atoms with Crippen LogP contribution < -0.4 is 5.73 Å². The van der Waals surface area contributed by atoms with Crippen LogP contribution in [0.2, 0.25) is 0 Å². The number of aryl methyl sites for hydroxylation is 1. The topological polar surface area (TPSA) is 60.9 Å². The van der Waals surface area contributed by atoms with Gasteiger partial charge in [-0.2, -0.15) is 5.10 Å². The summed E-state index contributed by atoms with van der Waals surface area (Å²) in [6.45, 7) is 2.70. The zero-order chi connectivity index (χ0) is 12.4. The number of rotatable bonds is 3. The monoisotopic (exact) mass is 299 g/mol. The maximum Gasteiger partial charge on any atom is 0.185 e. The van der Waals surface area contributed by atoms with Gasteiger partial charge in [-0.05, 0) is 42.1 Å². The van der Waals surface area contributed by atoms with Crippen LogP contribution in [0.3, 0.4) is 0 Å². The first-order valence-electron chi connectivity index (χ1n) is 6.14. The molecule has 2 N–H and O–H groups in total. The van der Waals surface area contributed by atoms with Gasteiger partial charge in [0, 0.05) is 18.5 Å². The Morgan fingerprint density at radius 3 is 3.06 bits per heavy atom. The molecule has 1 aromatic heterocycles. The highest BCUT2D eigenvalue weighted by Gasteiger charge is 2.29. The summed E-state index contributed by atoms with van der Waals surface area (Å²) in [6.07, 6.45) is 5.54. The fourth-order valence-corrected chi connectivity index (χ4v) is 3.00. The zero-order valence-corrected chi connectivity index (χ0v) is 11.6. The lowest BCUT2D eigenvalue weighted by Crippen LogP contribution is -2.32. The number of nitrogens with two attached hydrogens (primary N) is 1. The van der Waals surface area contributed by atoms with E-state index in [0.717, 1.165) is 30.2 Å². The minimum Gasteiger partial charge on any atom is -0.328 e. The zero-order valence-electron chi connectivity index (χ0n) is 10.0. The molecule has 0 aromatic carbocycles. The third kappa shape index (κ3) is 2.60. The SMILES string of the molecule is CCn1ncc(Br)c1C(=O)C1CCCC(N)C1. The minimum atomic E-state index is 0.0667. The maximum absolute atomic E-state index is 12.5. The number of aromatic nitrogens is 2. The first kappa shape index (κ1) is 12.8. The lowest BCUT2D eigenvalue weighted by molar-refractivity contribution is 0.0869. The summed E-state index contributed by atoms with van der Waals surface area (Å²) >= 11 is 3.40. The van der Waals surface area contributed by atoms with E-state index < -0.39 is 0 Å². The van der Waals surface area contributed by atoms with Gasteiger partial charge in [0.15, 0.2) is 5.78 Å². The second-order valence-corrected chi connectivity index (χ2v) is 5.50. The predicted octanol–water partition coefficient (Wildman–Crippen LogP) is 2.37. The molecule has 2 rings (SSSR count). The fraction of sp³-hybridized carbons (Fsp3) is 0.667. The lowest BCUT2D eigenvalue weighted by atomic mass is 9.82. The summed E-state index contributed by atoms with van der Waals surface area (Å²) in [4.78, 5) is 12.5. The van der Waals surface area contributed by atoms with Crippen molar-refractivity contribution in [2.75, 3.05) is 0 Å². The molecular formula is C12H18BrN3O. The summed E-state index contributed by atoms with van der Waals surface area (Å²) in [5.41, 5.74) is 6.64. The smallest absolute Gasteiger partial charge is 0.185 e. The predicted molar refractivity (Wildman–Crippen MR) is 69.9 cm³/mol. The molecule has 4 nitrogen and oxygen atoms in total. The Hall–Kier alpha value is -0.680. The van der Waals surface area contributed by atoms with Crippen molar-refractivity contribution in [2.45, 2.75) is 45.2 Å². The number of hydrogen-bond acceptors (Lipinski definition) is 3. The summed E-state index contributed by atoms with van der Waals surface area (Å²) in [6, 6.07) is 0.175. The largest absolute Gasteiger partial charge is 0.328 e. The van der Waals surface area contributed by atoms with Gasteiger partial charge >= 0.3 is 0 Å². The van der Waals surface area contributed by atoms with Gasteiger partial charge in [0.2, 0.25) is 0 Å². The van der Waals surface area contributed by atoms with E-state index in [1.54, 1.807) is 10.9 Å². The molecule has 5 heteroatoms. The molecule has 94 valence electrons. The molecule has 1 aliphatic rings. The standard InChI is InChI=1S/C12H18BrN3O/c1-2-16-11(10(13)7-15-16)12(17)8-4-3-5-9(14)6-8/h7-9H,2-6,14H2,1H3. The number of nitrogens with zero attached hydrogens (tertiary/aromatic N) is 2. The van der Waals surface area contributed by atoms with E-state index in [-0.39, 0.29) is 17.7 Å². The third-order valence-corrected chi connectivity index (χ3v) is 3.99. The summed E-state index contributed by atoms with van der Waals surface area (Å²) in [5.74, 6) is 0.253. The fourth-order valence-electron chi connectivity index (χ4n) is 2.51. The molecule has 0 radical (unpaired) electrons. The first-order chi connectivity index (χ1) is 8.13. The van der Waals surface area contributed by atoms with E-state index in [2.05, 4.69) is 21.0 Å². The quantitative estimate of drug-likeness (QED) is 0.872. The Kier molecular flexibility index (Phi) is 3.99. The number of carbonyl (C=O) groups is 1. The molecule has 0 aliphatic heterocycles. The number of hydrogen-bond donors (Lipinski definition) is 1. The van der Waals surface area contributed by atoms with Crippen LogP contribution in [0.1, 0.15) is 43.1 Å². The van der Waals surface area contributed by atoms with Crippen LogP contribution in [0, 0.1) is 5.92 Å². The van der Waals surface area contributed by atoms with E-state index >= 15 is 0 Å². The molecule has 1 fully saturated rings. The summed E-state index contributed by atoms with van der Waals surface area (Å²) in [5, 5.41) is 4.19. The van der Waals surface area contributed by atoms with Gasteiger partial charge in [0.1, 0.15) is 5.69 Å². The number of Topliss-reactive ketones (excluding diaryl/α,β-unsaturated/α-hetero) is 1. The number of carbonyl (C=O) groups excluding carboxylic acids is 1. The molecule has 2 unspecified atom stereocenters. The first-order valence-corrected chi connectivity index (χ1v) is 6.93. The van der Waals surface area contributed by atoms with Crippen molar-refractivity contribution in [3.8, 4) is 0 Å². The van der Waals surface area contributed by atoms with Gasteiger partial charge < -0.3 is 5.73 Å². The van der Waals surface area contributed by atoms with Gasteiger partial charge in [-0.3, -0.25) is 9.48 Å². The molecule has 0 bridgehead atoms. The van der Waals surface area contributed by atoms with E-state index in [1.807, 2.05) is 6.92 Å². The average molecular weight is 300 g/mol. The van der Waals surface area contributed by atoms with Crippen LogP contribution >= 0.6 is 15.9 Å². The molecule has 0 amide bonds. The molecular weight excluding hydrogens is 282 g/mol. The normalized spacial score (nSPS) is 24.9. The molecule has 2 atom stereocenters. The summed E-state index contributed by atoms with van der Waals surface area (Å²) in [7, 11) is 0. The molecule has 0 saturated heterocycles. The van der Waals surface area contributed by atoms with E-state index in [0.29, 0.717) is 12.2 Å². The van der Waals surface area contributed by atoms with Crippen molar-refractivity contribution >= 4 is 21.7 Å². The Morgan fingerprint density at radius 1 is 1.65 bits per heavy atom. The highest BCUT2D eigenvalue weighted by molar-refractivity contribution is 9.10.